The third-order valence-electron chi connectivity index (χ3n) is 5.28. The van der Waals surface area contributed by atoms with Crippen LogP contribution in [-0.4, -0.2) is 48.2 Å². The lowest BCUT2D eigenvalue weighted by molar-refractivity contribution is 0.0953. The van der Waals surface area contributed by atoms with Gasteiger partial charge in [0.2, 0.25) is 0 Å². The molecule has 0 atom stereocenters. The van der Waals surface area contributed by atoms with Gasteiger partial charge in [-0.3, -0.25) is 4.79 Å². The lowest BCUT2D eigenvalue weighted by Gasteiger charge is -2.16. The molecular formula is C20H25N7OS. The van der Waals surface area contributed by atoms with Crippen LogP contribution in [0.25, 0.3) is 5.69 Å². The van der Waals surface area contributed by atoms with Gasteiger partial charge in [-0.05, 0) is 49.8 Å². The summed E-state index contributed by atoms with van der Waals surface area (Å²) in [6, 6.07) is 7.84. The van der Waals surface area contributed by atoms with E-state index in [4.69, 9.17) is 0 Å². The molecule has 1 aliphatic rings. The predicted octanol–water partition coefficient (Wildman–Crippen LogP) is 3.06. The van der Waals surface area contributed by atoms with Crippen molar-refractivity contribution in [2.75, 3.05) is 12.8 Å². The molecule has 1 aliphatic carbocycles. The van der Waals surface area contributed by atoms with Crippen molar-refractivity contribution in [3.05, 3.63) is 48.3 Å². The van der Waals surface area contributed by atoms with Crippen molar-refractivity contribution in [3.8, 4) is 5.69 Å². The number of carbonyl (C=O) groups excluding carboxylic acids is 1. The molecule has 1 aromatic carbocycles. The van der Waals surface area contributed by atoms with Gasteiger partial charge in [0, 0.05) is 24.6 Å². The highest BCUT2D eigenvalue weighted by atomic mass is 32.2. The lowest BCUT2D eigenvalue weighted by Crippen LogP contribution is -2.25. The van der Waals surface area contributed by atoms with Gasteiger partial charge in [0.25, 0.3) is 5.91 Å². The maximum Gasteiger partial charge on any atom is 0.251 e. The van der Waals surface area contributed by atoms with E-state index < -0.39 is 0 Å². The second-order valence-corrected chi connectivity index (χ2v) is 7.93. The summed E-state index contributed by atoms with van der Waals surface area (Å²) in [4.78, 5) is 16.3. The van der Waals surface area contributed by atoms with E-state index in [0.717, 1.165) is 29.5 Å². The molecule has 1 fully saturated rings. The van der Waals surface area contributed by atoms with Crippen molar-refractivity contribution in [1.29, 1.82) is 0 Å². The van der Waals surface area contributed by atoms with E-state index >= 15 is 0 Å². The number of aromatic nitrogens is 6. The maximum absolute atomic E-state index is 12.4. The first-order valence-electron chi connectivity index (χ1n) is 9.97. The Morgan fingerprint density at radius 3 is 2.69 bits per heavy atom. The van der Waals surface area contributed by atoms with Crippen molar-refractivity contribution in [3.63, 3.8) is 0 Å². The fourth-order valence-electron chi connectivity index (χ4n) is 3.80. The van der Waals surface area contributed by atoms with Crippen molar-refractivity contribution < 1.29 is 4.79 Å². The quantitative estimate of drug-likeness (QED) is 0.453. The number of amides is 1. The fraction of sp³-hybridized carbons (Fsp3) is 0.450. The average molecular weight is 412 g/mol. The molecule has 0 bridgehead atoms. The molecule has 1 saturated carbocycles. The van der Waals surface area contributed by atoms with Crippen LogP contribution in [0.5, 0.6) is 0 Å². The Labute approximate surface area is 174 Å². The summed E-state index contributed by atoms with van der Waals surface area (Å²) in [5.41, 5.74) is 1.50. The Kier molecular flexibility index (Phi) is 6.24. The van der Waals surface area contributed by atoms with Gasteiger partial charge in [0.05, 0.1) is 5.69 Å². The van der Waals surface area contributed by atoms with E-state index in [-0.39, 0.29) is 5.91 Å². The molecule has 0 unspecified atom stereocenters. The maximum atomic E-state index is 12.4. The van der Waals surface area contributed by atoms with E-state index in [0.29, 0.717) is 18.2 Å². The largest absolute Gasteiger partial charge is 0.352 e. The van der Waals surface area contributed by atoms with Crippen molar-refractivity contribution in [1.82, 2.24) is 34.8 Å². The summed E-state index contributed by atoms with van der Waals surface area (Å²) >= 11 is 1.65. The number of nitrogens with zero attached hydrogens (tertiary/aromatic N) is 6. The van der Waals surface area contributed by atoms with Gasteiger partial charge in [-0.25, -0.2) is 9.67 Å². The molecule has 0 aliphatic heterocycles. The van der Waals surface area contributed by atoms with Crippen LogP contribution < -0.4 is 5.32 Å². The van der Waals surface area contributed by atoms with Crippen LogP contribution in [0.1, 0.15) is 54.3 Å². The molecule has 0 saturated heterocycles. The number of thioether (sulfide) groups is 1. The Balaban J connectivity index is 1.29. The minimum atomic E-state index is -0.0720. The number of carbonyl (C=O) groups is 1. The van der Waals surface area contributed by atoms with Crippen LogP contribution in [0.3, 0.4) is 0 Å². The van der Waals surface area contributed by atoms with Gasteiger partial charge >= 0.3 is 0 Å². The van der Waals surface area contributed by atoms with E-state index in [2.05, 4.69) is 30.2 Å². The molecule has 0 radical (unpaired) electrons. The highest BCUT2D eigenvalue weighted by molar-refractivity contribution is 7.98. The van der Waals surface area contributed by atoms with Crippen molar-refractivity contribution in [2.24, 2.45) is 0 Å². The molecule has 4 rings (SSSR count). The van der Waals surface area contributed by atoms with Crippen LogP contribution in [-0.2, 0) is 6.42 Å². The van der Waals surface area contributed by atoms with E-state index in [1.165, 1.54) is 32.0 Å². The summed E-state index contributed by atoms with van der Waals surface area (Å²) in [6.45, 7) is 0.607. The SMILES string of the molecule is CSc1nnc(CCCNC(=O)c2ccc(-n3cncn3)cc2)n1C1CCCC1. The summed E-state index contributed by atoms with van der Waals surface area (Å²) in [5, 5.41) is 16.8. The fourth-order valence-corrected chi connectivity index (χ4v) is 4.38. The highest BCUT2D eigenvalue weighted by Gasteiger charge is 2.23. The molecule has 29 heavy (non-hydrogen) atoms. The summed E-state index contributed by atoms with van der Waals surface area (Å²) < 4.78 is 3.98. The molecule has 1 amide bonds. The van der Waals surface area contributed by atoms with Gasteiger partial charge in [0.1, 0.15) is 18.5 Å². The normalized spacial score (nSPS) is 14.4. The molecule has 1 N–H and O–H groups in total. The molecule has 8 nitrogen and oxygen atoms in total. The van der Waals surface area contributed by atoms with Gasteiger partial charge in [-0.1, -0.05) is 24.6 Å². The summed E-state index contributed by atoms with van der Waals surface area (Å²) in [5.74, 6) is 0.963. The van der Waals surface area contributed by atoms with Gasteiger partial charge in [-0.15, -0.1) is 10.2 Å². The zero-order chi connectivity index (χ0) is 20.1. The number of hydrogen-bond donors (Lipinski definition) is 1. The van der Waals surface area contributed by atoms with Crippen LogP contribution in [0.4, 0.5) is 0 Å². The highest BCUT2D eigenvalue weighted by Crippen LogP contribution is 2.33. The number of nitrogens with one attached hydrogen (secondary N) is 1. The third kappa shape index (κ3) is 4.50. The van der Waals surface area contributed by atoms with Gasteiger partial charge in [0.15, 0.2) is 5.16 Å². The lowest BCUT2D eigenvalue weighted by atomic mass is 10.2. The van der Waals surface area contributed by atoms with Crippen LogP contribution in [0, 0.1) is 0 Å². The van der Waals surface area contributed by atoms with Gasteiger partial charge < -0.3 is 9.88 Å². The molecule has 9 heteroatoms. The van der Waals surface area contributed by atoms with Crippen LogP contribution in [0.15, 0.2) is 42.1 Å². The Bertz CT molecular complexity index is 930. The summed E-state index contributed by atoms with van der Waals surface area (Å²) in [6.07, 6.45) is 11.8. The monoisotopic (exact) mass is 411 g/mol. The number of hydrogen-bond acceptors (Lipinski definition) is 6. The predicted molar refractivity (Wildman–Crippen MR) is 111 cm³/mol. The Hall–Kier alpha value is -2.68. The number of aryl methyl sites for hydroxylation is 1. The van der Waals surface area contributed by atoms with E-state index in [1.54, 1.807) is 34.9 Å². The standard InChI is InChI=1S/C20H25N7OS/c1-29-20-25-24-18(27(20)17-5-2-3-6-17)7-4-12-22-19(28)15-8-10-16(11-9-15)26-14-21-13-23-26/h8-11,13-14,17H,2-7,12H2,1H3,(H,22,28). The molecule has 3 aromatic rings. The average Bonchev–Trinajstić information content (AvgIpc) is 3.52. The second kappa shape index (κ2) is 9.21. The van der Waals surface area contributed by atoms with E-state index in [1.807, 2.05) is 18.4 Å². The first-order chi connectivity index (χ1) is 14.3. The van der Waals surface area contributed by atoms with Crippen molar-refractivity contribution >= 4 is 17.7 Å². The van der Waals surface area contributed by atoms with Crippen molar-refractivity contribution in [2.45, 2.75) is 49.7 Å². The first-order valence-corrected chi connectivity index (χ1v) is 11.2. The first kappa shape index (κ1) is 19.6. The van der Waals surface area contributed by atoms with E-state index in [9.17, 15) is 4.79 Å². The minimum absolute atomic E-state index is 0.0720. The number of rotatable bonds is 8. The van der Waals surface area contributed by atoms with Crippen LogP contribution in [0.2, 0.25) is 0 Å². The Morgan fingerprint density at radius 1 is 1.21 bits per heavy atom. The number of benzene rings is 1. The second-order valence-electron chi connectivity index (χ2n) is 7.16. The molecule has 2 aromatic heterocycles. The van der Waals surface area contributed by atoms with Crippen LogP contribution >= 0.6 is 11.8 Å². The topological polar surface area (TPSA) is 90.5 Å². The zero-order valence-electron chi connectivity index (χ0n) is 16.5. The molecule has 152 valence electrons. The Morgan fingerprint density at radius 2 is 2.00 bits per heavy atom. The minimum Gasteiger partial charge on any atom is -0.352 e. The third-order valence-corrected chi connectivity index (χ3v) is 5.93. The summed E-state index contributed by atoms with van der Waals surface area (Å²) in [7, 11) is 0. The molecule has 0 spiro atoms. The van der Waals surface area contributed by atoms with Gasteiger partial charge in [-0.2, -0.15) is 5.10 Å². The zero-order valence-corrected chi connectivity index (χ0v) is 17.3. The smallest absolute Gasteiger partial charge is 0.251 e. The molecule has 2 heterocycles. The molecular weight excluding hydrogens is 386 g/mol.